The molecule has 0 aliphatic carbocycles. The highest BCUT2D eigenvalue weighted by Gasteiger charge is 2.20. The Kier molecular flexibility index (Phi) is 4.56. The Labute approximate surface area is 80.3 Å². The second kappa shape index (κ2) is 5.77. The summed E-state index contributed by atoms with van der Waals surface area (Å²) >= 11 is 0. The van der Waals surface area contributed by atoms with E-state index in [1.807, 2.05) is 0 Å². The number of carbonyl (C=O) groups is 1. The summed E-state index contributed by atoms with van der Waals surface area (Å²) in [6.07, 6.45) is 11.5. The summed E-state index contributed by atoms with van der Waals surface area (Å²) in [6.45, 7) is 2.04. The van der Waals surface area contributed by atoms with Crippen LogP contribution in [0, 0.1) is 12.3 Å². The minimum atomic E-state index is 0.159. The fourth-order valence-electron chi connectivity index (χ4n) is 1.83. The van der Waals surface area contributed by atoms with E-state index in [2.05, 4.69) is 10.8 Å². The molecule has 0 saturated carbocycles. The average molecular weight is 179 g/mol. The number of carbonyl (C=O) groups excluding carboxylic acids is 1. The second-order valence-electron chi connectivity index (χ2n) is 3.54. The Balaban J connectivity index is 2.28. The van der Waals surface area contributed by atoms with Crippen molar-refractivity contribution in [3.05, 3.63) is 0 Å². The number of likely N-dealkylation sites (tertiary alicyclic amines) is 1. The third-order valence-electron chi connectivity index (χ3n) is 2.59. The van der Waals surface area contributed by atoms with Crippen LogP contribution in [0.2, 0.25) is 0 Å². The van der Waals surface area contributed by atoms with E-state index in [0.717, 1.165) is 38.6 Å². The van der Waals surface area contributed by atoms with Crippen molar-refractivity contribution in [2.75, 3.05) is 13.1 Å². The van der Waals surface area contributed by atoms with Crippen molar-refractivity contribution in [3.63, 3.8) is 0 Å². The Morgan fingerprint density at radius 2 is 2.38 bits per heavy atom. The van der Waals surface area contributed by atoms with Crippen molar-refractivity contribution in [2.45, 2.75) is 38.1 Å². The molecule has 0 N–H and O–H groups in total. The summed E-state index contributed by atoms with van der Waals surface area (Å²) in [7, 11) is 0. The van der Waals surface area contributed by atoms with Gasteiger partial charge in [-0.15, -0.1) is 12.3 Å². The Bertz CT molecular complexity index is 195. The molecular weight excluding hydrogens is 162 g/mol. The Hall–Kier alpha value is -0.810. The molecule has 2 nitrogen and oxygen atoms in total. The molecule has 0 spiro atoms. The first kappa shape index (κ1) is 10.3. The van der Waals surface area contributed by atoms with Crippen LogP contribution < -0.4 is 0 Å². The molecule has 0 radical (unpaired) electrons. The zero-order valence-corrected chi connectivity index (χ0v) is 8.04. The number of hydrogen-bond donors (Lipinski definition) is 0. The van der Waals surface area contributed by atoms with Gasteiger partial charge in [-0.2, -0.15) is 0 Å². The van der Waals surface area contributed by atoms with Crippen LogP contribution in [0.4, 0.5) is 0 Å². The molecule has 72 valence electrons. The first-order chi connectivity index (χ1) is 6.38. The maximum atomic E-state index is 10.7. The lowest BCUT2D eigenvalue weighted by Crippen LogP contribution is -2.40. The molecule has 1 fully saturated rings. The van der Waals surface area contributed by atoms with E-state index < -0.39 is 0 Å². The van der Waals surface area contributed by atoms with E-state index in [-0.39, 0.29) is 6.04 Å². The van der Waals surface area contributed by atoms with Crippen molar-refractivity contribution in [3.8, 4) is 12.3 Å². The first-order valence-corrected chi connectivity index (χ1v) is 5.01. The number of rotatable bonds is 4. The normalized spacial score (nSPS) is 23.8. The first-order valence-electron chi connectivity index (χ1n) is 5.01. The van der Waals surface area contributed by atoms with Crippen LogP contribution in [-0.4, -0.2) is 30.3 Å². The van der Waals surface area contributed by atoms with Gasteiger partial charge in [-0.3, -0.25) is 4.90 Å². The molecule has 0 aromatic rings. The zero-order chi connectivity index (χ0) is 9.52. The Morgan fingerprint density at radius 1 is 1.54 bits per heavy atom. The fraction of sp³-hybridized carbons (Fsp3) is 0.727. The van der Waals surface area contributed by atoms with Gasteiger partial charge in [-0.25, -0.2) is 0 Å². The molecule has 1 atom stereocenters. The maximum Gasteiger partial charge on any atom is 0.137 e. The van der Waals surface area contributed by atoms with Crippen LogP contribution in [0.1, 0.15) is 32.1 Å². The van der Waals surface area contributed by atoms with Crippen LogP contribution in [0.25, 0.3) is 0 Å². The largest absolute Gasteiger partial charge is 0.302 e. The number of nitrogens with zero attached hydrogens (tertiary/aromatic N) is 1. The summed E-state index contributed by atoms with van der Waals surface area (Å²) < 4.78 is 0. The van der Waals surface area contributed by atoms with Gasteiger partial charge >= 0.3 is 0 Å². The number of hydrogen-bond acceptors (Lipinski definition) is 2. The summed E-state index contributed by atoms with van der Waals surface area (Å²) in [5.41, 5.74) is 0. The van der Waals surface area contributed by atoms with Crippen molar-refractivity contribution in [1.82, 2.24) is 4.90 Å². The van der Waals surface area contributed by atoms with E-state index in [9.17, 15) is 4.79 Å². The van der Waals surface area contributed by atoms with Crippen molar-refractivity contribution in [2.24, 2.45) is 0 Å². The quantitative estimate of drug-likeness (QED) is 0.370. The molecule has 1 saturated heterocycles. The summed E-state index contributed by atoms with van der Waals surface area (Å²) in [6, 6.07) is 0.159. The molecule has 0 aromatic heterocycles. The van der Waals surface area contributed by atoms with Gasteiger partial charge in [-0.1, -0.05) is 6.42 Å². The molecule has 1 unspecified atom stereocenters. The molecule has 13 heavy (non-hydrogen) atoms. The number of piperidine rings is 1. The molecule has 0 bridgehead atoms. The van der Waals surface area contributed by atoms with Gasteiger partial charge in [0.05, 0.1) is 6.04 Å². The number of unbranched alkanes of at least 4 members (excludes halogenated alkanes) is 1. The third-order valence-corrected chi connectivity index (χ3v) is 2.59. The summed E-state index contributed by atoms with van der Waals surface area (Å²) in [5.74, 6) is 2.63. The molecule has 1 rings (SSSR count). The van der Waals surface area contributed by atoms with E-state index in [0.29, 0.717) is 0 Å². The lowest BCUT2D eigenvalue weighted by atomic mass is 10.0. The maximum absolute atomic E-state index is 10.7. The predicted octanol–water partition coefficient (Wildman–Crippen LogP) is 1.45. The number of aldehydes is 1. The monoisotopic (exact) mass is 179 g/mol. The highest BCUT2D eigenvalue weighted by Crippen LogP contribution is 2.15. The van der Waals surface area contributed by atoms with Gasteiger partial charge in [-0.05, 0) is 32.4 Å². The van der Waals surface area contributed by atoms with Gasteiger partial charge in [0.2, 0.25) is 0 Å². The summed E-state index contributed by atoms with van der Waals surface area (Å²) in [5, 5.41) is 0. The highest BCUT2D eigenvalue weighted by atomic mass is 16.1. The average Bonchev–Trinajstić information content (AvgIpc) is 2.19. The van der Waals surface area contributed by atoms with Crippen LogP contribution in [-0.2, 0) is 4.79 Å². The van der Waals surface area contributed by atoms with Crippen LogP contribution in [0.15, 0.2) is 0 Å². The Morgan fingerprint density at radius 3 is 3.08 bits per heavy atom. The minimum absolute atomic E-state index is 0.159. The van der Waals surface area contributed by atoms with Crippen molar-refractivity contribution < 1.29 is 4.79 Å². The molecular formula is C11H17NO. The van der Waals surface area contributed by atoms with Crippen molar-refractivity contribution >= 4 is 6.29 Å². The smallest absolute Gasteiger partial charge is 0.137 e. The lowest BCUT2D eigenvalue weighted by molar-refractivity contribution is -0.113. The van der Waals surface area contributed by atoms with Crippen LogP contribution in [0.5, 0.6) is 0 Å². The van der Waals surface area contributed by atoms with Gasteiger partial charge in [0.1, 0.15) is 6.29 Å². The standard InChI is InChI=1S/C11H17NO/c1-2-3-5-8-12-9-6-4-7-11(12)10-13/h1,10-11H,3-9H2. The van der Waals surface area contributed by atoms with Crippen LogP contribution in [0.3, 0.4) is 0 Å². The molecule has 0 amide bonds. The van der Waals surface area contributed by atoms with Gasteiger partial charge < -0.3 is 4.79 Å². The molecule has 2 heteroatoms. The molecule has 0 aromatic carbocycles. The van der Waals surface area contributed by atoms with Crippen LogP contribution >= 0.6 is 0 Å². The zero-order valence-electron chi connectivity index (χ0n) is 8.04. The second-order valence-corrected chi connectivity index (χ2v) is 3.54. The van der Waals surface area contributed by atoms with E-state index in [1.165, 1.54) is 12.8 Å². The summed E-state index contributed by atoms with van der Waals surface area (Å²) in [4.78, 5) is 13.0. The van der Waals surface area contributed by atoms with Gasteiger partial charge in [0.25, 0.3) is 0 Å². The molecule has 1 aliphatic heterocycles. The van der Waals surface area contributed by atoms with E-state index >= 15 is 0 Å². The van der Waals surface area contributed by atoms with Gasteiger partial charge in [0.15, 0.2) is 0 Å². The predicted molar refractivity (Wildman–Crippen MR) is 53.3 cm³/mol. The van der Waals surface area contributed by atoms with E-state index in [4.69, 9.17) is 6.42 Å². The lowest BCUT2D eigenvalue weighted by Gasteiger charge is -2.31. The van der Waals surface area contributed by atoms with Gasteiger partial charge in [0, 0.05) is 6.42 Å². The minimum Gasteiger partial charge on any atom is -0.302 e. The van der Waals surface area contributed by atoms with Crippen molar-refractivity contribution in [1.29, 1.82) is 0 Å². The topological polar surface area (TPSA) is 20.3 Å². The SMILES string of the molecule is C#CCCCN1CCCCC1C=O. The van der Waals surface area contributed by atoms with E-state index in [1.54, 1.807) is 0 Å². The molecule has 1 aliphatic rings. The third kappa shape index (κ3) is 3.20. The fourth-order valence-corrected chi connectivity index (χ4v) is 1.83. The number of terminal acetylenes is 1. The molecule has 1 heterocycles. The highest BCUT2D eigenvalue weighted by molar-refractivity contribution is 5.57.